The second-order valence-corrected chi connectivity index (χ2v) is 7.05. The number of carbonyl (C=O) groups excluding carboxylic acids is 2. The van der Waals surface area contributed by atoms with E-state index in [0.29, 0.717) is 11.1 Å². The SMILES string of the molecule is CCOC(=O)C1=CN(C(C)C)C=C(C(=O)OCC)C1c1cccc(Br)c1. The zero-order valence-electron chi connectivity index (χ0n) is 15.5. The zero-order valence-corrected chi connectivity index (χ0v) is 17.1. The van der Waals surface area contributed by atoms with E-state index in [9.17, 15) is 9.59 Å². The van der Waals surface area contributed by atoms with Gasteiger partial charge in [-0.2, -0.15) is 0 Å². The maximum absolute atomic E-state index is 12.7. The molecule has 140 valence electrons. The van der Waals surface area contributed by atoms with Crippen molar-refractivity contribution in [3.05, 3.63) is 57.8 Å². The van der Waals surface area contributed by atoms with Crippen LogP contribution in [-0.2, 0) is 19.1 Å². The summed E-state index contributed by atoms with van der Waals surface area (Å²) < 4.78 is 11.4. The van der Waals surface area contributed by atoms with Crippen molar-refractivity contribution in [2.75, 3.05) is 13.2 Å². The molecule has 1 heterocycles. The Hall–Kier alpha value is -2.08. The molecule has 6 heteroatoms. The number of benzene rings is 1. The van der Waals surface area contributed by atoms with E-state index < -0.39 is 17.9 Å². The minimum atomic E-state index is -0.541. The third-order valence-corrected chi connectivity index (χ3v) is 4.49. The predicted molar refractivity (Wildman–Crippen MR) is 103 cm³/mol. The monoisotopic (exact) mass is 421 g/mol. The van der Waals surface area contributed by atoms with Crippen LogP contribution < -0.4 is 0 Å². The summed E-state index contributed by atoms with van der Waals surface area (Å²) in [6.45, 7) is 8.02. The van der Waals surface area contributed by atoms with Crippen molar-refractivity contribution in [1.82, 2.24) is 4.90 Å². The Bertz CT molecular complexity index is 703. The molecule has 0 unspecified atom stereocenters. The molecule has 2 rings (SSSR count). The predicted octanol–water partition coefficient (Wildman–Crippen LogP) is 4.15. The Balaban J connectivity index is 2.60. The van der Waals surface area contributed by atoms with Gasteiger partial charge in [0.25, 0.3) is 0 Å². The molecule has 0 fully saturated rings. The van der Waals surface area contributed by atoms with Gasteiger partial charge in [-0.1, -0.05) is 28.1 Å². The molecular formula is C20H24BrNO4. The van der Waals surface area contributed by atoms with Gasteiger partial charge in [0.2, 0.25) is 0 Å². The lowest BCUT2D eigenvalue weighted by molar-refractivity contribution is -0.139. The molecule has 1 aliphatic heterocycles. The van der Waals surface area contributed by atoms with Crippen LogP contribution in [0, 0.1) is 0 Å². The van der Waals surface area contributed by atoms with Crippen molar-refractivity contribution < 1.29 is 19.1 Å². The first-order valence-corrected chi connectivity index (χ1v) is 9.48. The molecule has 0 aliphatic carbocycles. The van der Waals surface area contributed by atoms with Crippen molar-refractivity contribution in [2.24, 2.45) is 0 Å². The van der Waals surface area contributed by atoms with Gasteiger partial charge in [0.1, 0.15) is 0 Å². The first-order chi connectivity index (χ1) is 12.4. The van der Waals surface area contributed by atoms with Crippen LogP contribution in [-0.4, -0.2) is 36.1 Å². The van der Waals surface area contributed by atoms with Gasteiger partial charge in [-0.25, -0.2) is 9.59 Å². The van der Waals surface area contributed by atoms with Crippen LogP contribution in [0.25, 0.3) is 0 Å². The molecule has 1 aromatic carbocycles. The van der Waals surface area contributed by atoms with Crippen molar-refractivity contribution >= 4 is 27.9 Å². The Morgan fingerprint density at radius 3 is 2.04 bits per heavy atom. The van der Waals surface area contributed by atoms with Crippen molar-refractivity contribution in [2.45, 2.75) is 39.7 Å². The topological polar surface area (TPSA) is 55.8 Å². The van der Waals surface area contributed by atoms with E-state index >= 15 is 0 Å². The van der Waals surface area contributed by atoms with E-state index in [0.717, 1.165) is 10.0 Å². The van der Waals surface area contributed by atoms with Gasteiger partial charge in [-0.05, 0) is 45.4 Å². The van der Waals surface area contributed by atoms with E-state index in [-0.39, 0.29) is 19.3 Å². The summed E-state index contributed by atoms with van der Waals surface area (Å²) in [5, 5.41) is 0. The van der Waals surface area contributed by atoms with E-state index in [1.807, 2.05) is 43.0 Å². The number of rotatable bonds is 6. The summed E-state index contributed by atoms with van der Waals surface area (Å²) in [5.74, 6) is -1.41. The number of halogens is 1. The molecule has 0 radical (unpaired) electrons. The fourth-order valence-corrected chi connectivity index (χ4v) is 3.21. The highest BCUT2D eigenvalue weighted by Crippen LogP contribution is 2.38. The minimum absolute atomic E-state index is 0.0762. The standard InChI is InChI=1S/C20H24BrNO4/c1-5-25-19(23)16-11-22(13(3)4)12-17(20(24)26-6-2)18(16)14-8-7-9-15(21)10-14/h7-13,18H,5-6H2,1-4H3. The van der Waals surface area contributed by atoms with Gasteiger partial charge in [0.15, 0.2) is 0 Å². The second-order valence-electron chi connectivity index (χ2n) is 6.14. The van der Waals surface area contributed by atoms with Crippen LogP contribution in [0.2, 0.25) is 0 Å². The van der Waals surface area contributed by atoms with Crippen molar-refractivity contribution in [3.8, 4) is 0 Å². The molecule has 1 aliphatic rings. The molecular weight excluding hydrogens is 398 g/mol. The van der Waals surface area contributed by atoms with Crippen molar-refractivity contribution in [3.63, 3.8) is 0 Å². The average Bonchev–Trinajstić information content (AvgIpc) is 2.60. The Morgan fingerprint density at radius 1 is 1.08 bits per heavy atom. The third kappa shape index (κ3) is 4.55. The van der Waals surface area contributed by atoms with Gasteiger partial charge >= 0.3 is 11.9 Å². The Labute approximate surface area is 162 Å². The molecule has 5 nitrogen and oxygen atoms in total. The maximum atomic E-state index is 12.7. The molecule has 26 heavy (non-hydrogen) atoms. The van der Waals surface area contributed by atoms with E-state index in [1.165, 1.54) is 0 Å². The lowest BCUT2D eigenvalue weighted by atomic mass is 9.83. The molecule has 0 saturated heterocycles. The van der Waals surface area contributed by atoms with Gasteiger partial charge in [-0.3, -0.25) is 0 Å². The number of carbonyl (C=O) groups is 2. The van der Waals surface area contributed by atoms with Gasteiger partial charge < -0.3 is 14.4 Å². The quantitative estimate of drug-likeness (QED) is 0.645. The first-order valence-electron chi connectivity index (χ1n) is 8.69. The summed E-state index contributed by atoms with van der Waals surface area (Å²) in [5.41, 5.74) is 1.66. The Morgan fingerprint density at radius 2 is 1.62 bits per heavy atom. The molecule has 0 saturated carbocycles. The number of ether oxygens (including phenoxy) is 2. The lowest BCUT2D eigenvalue weighted by Gasteiger charge is -2.32. The van der Waals surface area contributed by atoms with E-state index in [1.54, 1.807) is 26.2 Å². The lowest BCUT2D eigenvalue weighted by Crippen LogP contribution is -2.32. The average molecular weight is 422 g/mol. The normalized spacial score (nSPS) is 14.8. The highest BCUT2D eigenvalue weighted by Gasteiger charge is 2.36. The van der Waals surface area contributed by atoms with Crippen LogP contribution in [0.4, 0.5) is 0 Å². The molecule has 0 atom stereocenters. The number of nitrogens with zero attached hydrogens (tertiary/aromatic N) is 1. The van der Waals surface area contributed by atoms with Crippen LogP contribution in [0.15, 0.2) is 52.3 Å². The molecule has 0 amide bonds. The Kier molecular flexibility index (Phi) is 7.03. The molecule has 0 N–H and O–H groups in total. The van der Waals surface area contributed by atoms with E-state index in [2.05, 4.69) is 15.9 Å². The summed E-state index contributed by atoms with van der Waals surface area (Å²) in [7, 11) is 0. The maximum Gasteiger partial charge on any atom is 0.336 e. The third-order valence-electron chi connectivity index (χ3n) is 4.00. The zero-order chi connectivity index (χ0) is 19.3. The van der Waals surface area contributed by atoms with Crippen LogP contribution in [0.3, 0.4) is 0 Å². The summed E-state index contributed by atoms with van der Waals surface area (Å²) in [6, 6.07) is 7.64. The van der Waals surface area contributed by atoms with Gasteiger partial charge in [0.05, 0.1) is 30.3 Å². The molecule has 1 aromatic rings. The second kappa shape index (κ2) is 9.03. The van der Waals surface area contributed by atoms with Crippen LogP contribution in [0.1, 0.15) is 39.2 Å². The largest absolute Gasteiger partial charge is 0.463 e. The molecule has 0 spiro atoms. The van der Waals surface area contributed by atoms with Crippen LogP contribution in [0.5, 0.6) is 0 Å². The summed E-state index contributed by atoms with van der Waals surface area (Å²) in [6.07, 6.45) is 3.52. The van der Waals surface area contributed by atoms with Gasteiger partial charge in [0, 0.05) is 22.9 Å². The minimum Gasteiger partial charge on any atom is -0.463 e. The summed E-state index contributed by atoms with van der Waals surface area (Å²) >= 11 is 3.46. The number of esters is 2. The molecule has 0 bridgehead atoms. The number of hydrogen-bond acceptors (Lipinski definition) is 5. The van der Waals surface area contributed by atoms with Crippen molar-refractivity contribution in [1.29, 1.82) is 0 Å². The first kappa shape index (κ1) is 20.2. The van der Waals surface area contributed by atoms with Crippen LogP contribution >= 0.6 is 15.9 Å². The van der Waals surface area contributed by atoms with E-state index in [4.69, 9.17) is 9.47 Å². The summed E-state index contributed by atoms with van der Waals surface area (Å²) in [4.78, 5) is 27.1. The highest BCUT2D eigenvalue weighted by atomic mass is 79.9. The van der Waals surface area contributed by atoms with Gasteiger partial charge in [-0.15, -0.1) is 0 Å². The highest BCUT2D eigenvalue weighted by molar-refractivity contribution is 9.10. The fourth-order valence-electron chi connectivity index (χ4n) is 2.79. The molecule has 0 aromatic heterocycles. The smallest absolute Gasteiger partial charge is 0.336 e. The fraction of sp³-hybridized carbons (Fsp3) is 0.400. The number of hydrogen-bond donors (Lipinski definition) is 0.